The van der Waals surface area contributed by atoms with E-state index in [1.54, 1.807) is 13.0 Å². The molecule has 3 heterocycles. The van der Waals surface area contributed by atoms with Crippen LogP contribution < -0.4 is 4.90 Å². The molecule has 0 amide bonds. The molecule has 27 heavy (non-hydrogen) atoms. The smallest absolute Gasteiger partial charge is 0.353 e. The fourth-order valence-corrected chi connectivity index (χ4v) is 3.72. The van der Waals surface area contributed by atoms with Gasteiger partial charge >= 0.3 is 6.18 Å². The molecular weight excluding hydrogens is 355 g/mol. The first kappa shape index (κ1) is 17.8. The summed E-state index contributed by atoms with van der Waals surface area (Å²) in [6.07, 6.45) is -3.67. The van der Waals surface area contributed by atoms with E-state index in [1.807, 2.05) is 6.92 Å². The van der Waals surface area contributed by atoms with E-state index in [2.05, 4.69) is 51.2 Å². The molecule has 2 aromatic heterocycles. The van der Waals surface area contributed by atoms with Gasteiger partial charge < -0.3 is 4.90 Å². The topological polar surface area (TPSA) is 46.3 Å². The van der Waals surface area contributed by atoms with Gasteiger partial charge in [-0.2, -0.15) is 22.7 Å². The monoisotopic (exact) mass is 375 g/mol. The van der Waals surface area contributed by atoms with Crippen molar-refractivity contribution >= 4 is 11.6 Å². The van der Waals surface area contributed by atoms with Crippen LogP contribution in [0.3, 0.4) is 0 Å². The van der Waals surface area contributed by atoms with Crippen molar-refractivity contribution in [2.75, 3.05) is 11.4 Å². The highest BCUT2D eigenvalue weighted by Crippen LogP contribution is 2.36. The van der Waals surface area contributed by atoms with Gasteiger partial charge in [0.25, 0.3) is 11.6 Å². The first-order valence-corrected chi connectivity index (χ1v) is 8.87. The number of anilines is 1. The van der Waals surface area contributed by atoms with Gasteiger partial charge in [-0.1, -0.05) is 29.8 Å². The molecule has 0 radical (unpaired) electrons. The second-order valence-electron chi connectivity index (χ2n) is 7.25. The number of aryl methyl sites for hydroxylation is 2. The largest absolute Gasteiger partial charge is 0.453 e. The maximum atomic E-state index is 13.0. The average molecular weight is 375 g/mol. The average Bonchev–Trinajstić information content (AvgIpc) is 3.18. The van der Waals surface area contributed by atoms with Gasteiger partial charge in [0.05, 0.1) is 0 Å². The second-order valence-corrected chi connectivity index (χ2v) is 7.25. The van der Waals surface area contributed by atoms with E-state index in [-0.39, 0.29) is 11.8 Å². The van der Waals surface area contributed by atoms with Crippen molar-refractivity contribution in [1.29, 1.82) is 0 Å². The molecule has 0 aliphatic carbocycles. The summed E-state index contributed by atoms with van der Waals surface area (Å²) >= 11 is 0. The van der Waals surface area contributed by atoms with Gasteiger partial charge in [-0.15, -0.1) is 5.10 Å². The van der Waals surface area contributed by atoms with E-state index in [4.69, 9.17) is 0 Å². The summed E-state index contributed by atoms with van der Waals surface area (Å²) in [5.41, 5.74) is 3.06. The zero-order valence-electron chi connectivity index (χ0n) is 15.3. The number of benzene rings is 1. The fraction of sp³-hybridized carbons (Fsp3) is 0.421. The first-order valence-electron chi connectivity index (χ1n) is 8.87. The van der Waals surface area contributed by atoms with Crippen LogP contribution in [0.4, 0.5) is 19.0 Å². The van der Waals surface area contributed by atoms with Gasteiger partial charge in [-0.05, 0) is 32.8 Å². The van der Waals surface area contributed by atoms with Gasteiger partial charge in [-0.25, -0.2) is 4.98 Å². The third-order valence-electron chi connectivity index (χ3n) is 5.09. The number of rotatable bonds is 2. The van der Waals surface area contributed by atoms with E-state index >= 15 is 0 Å². The molecule has 0 spiro atoms. The molecule has 1 aromatic carbocycles. The van der Waals surface area contributed by atoms with Crippen LogP contribution in [-0.2, 0) is 6.18 Å². The summed E-state index contributed by atoms with van der Waals surface area (Å²) in [6, 6.07) is 10.4. The SMILES string of the molecule is Cc1ccc(C2CC(C)N(c3cc(C)nc4nc(C(F)(F)F)nn34)C2)cc1. The van der Waals surface area contributed by atoms with Gasteiger partial charge in [0, 0.05) is 30.3 Å². The molecule has 8 heteroatoms. The number of hydrogen-bond donors (Lipinski definition) is 0. The zero-order chi connectivity index (χ0) is 19.3. The lowest BCUT2D eigenvalue weighted by atomic mass is 9.96. The summed E-state index contributed by atoms with van der Waals surface area (Å²) in [5.74, 6) is -0.274. The van der Waals surface area contributed by atoms with Gasteiger partial charge in [0.1, 0.15) is 5.82 Å². The van der Waals surface area contributed by atoms with Crippen LogP contribution in [0.2, 0.25) is 0 Å². The molecule has 1 fully saturated rings. The standard InChI is InChI=1S/C19H20F3N5/c1-11-4-6-14(7-5-11)15-9-13(3)26(10-15)16-8-12(2)23-18-24-17(19(20,21)22)25-27(16)18/h4-8,13,15H,9-10H2,1-3H3. The number of aromatic nitrogens is 4. The number of fused-ring (bicyclic) bond motifs is 1. The Bertz CT molecular complexity index is 977. The van der Waals surface area contributed by atoms with Crippen LogP contribution in [0.15, 0.2) is 30.3 Å². The Balaban J connectivity index is 1.73. The summed E-state index contributed by atoms with van der Waals surface area (Å²) in [5, 5.41) is 3.69. The highest BCUT2D eigenvalue weighted by atomic mass is 19.4. The molecule has 0 bridgehead atoms. The van der Waals surface area contributed by atoms with Crippen molar-refractivity contribution in [3.63, 3.8) is 0 Å². The third kappa shape index (κ3) is 3.24. The lowest BCUT2D eigenvalue weighted by Crippen LogP contribution is -2.29. The van der Waals surface area contributed by atoms with Crippen LogP contribution in [-0.4, -0.2) is 32.2 Å². The van der Waals surface area contributed by atoms with E-state index in [0.29, 0.717) is 24.0 Å². The highest BCUT2D eigenvalue weighted by molar-refractivity contribution is 5.50. The molecule has 2 atom stereocenters. The van der Waals surface area contributed by atoms with Gasteiger partial charge in [0.15, 0.2) is 0 Å². The van der Waals surface area contributed by atoms with Crippen LogP contribution in [0.1, 0.15) is 41.9 Å². The Morgan fingerprint density at radius 3 is 2.44 bits per heavy atom. The van der Waals surface area contributed by atoms with E-state index < -0.39 is 12.0 Å². The van der Waals surface area contributed by atoms with Crippen molar-refractivity contribution in [3.05, 3.63) is 53.0 Å². The van der Waals surface area contributed by atoms with Crippen molar-refractivity contribution in [3.8, 4) is 0 Å². The molecule has 3 aromatic rings. The van der Waals surface area contributed by atoms with E-state index in [9.17, 15) is 13.2 Å². The van der Waals surface area contributed by atoms with Crippen molar-refractivity contribution in [1.82, 2.24) is 19.6 Å². The predicted molar refractivity (Wildman–Crippen MR) is 95.9 cm³/mol. The Hall–Kier alpha value is -2.64. The minimum absolute atomic E-state index is 0.0247. The zero-order valence-corrected chi connectivity index (χ0v) is 15.3. The second kappa shape index (κ2) is 6.21. The number of alkyl halides is 3. The molecular formula is C19H20F3N5. The Morgan fingerprint density at radius 2 is 1.78 bits per heavy atom. The summed E-state index contributed by atoms with van der Waals surface area (Å²) in [7, 11) is 0. The molecule has 0 saturated carbocycles. The summed E-state index contributed by atoms with van der Waals surface area (Å²) in [6.45, 7) is 6.60. The van der Waals surface area contributed by atoms with Gasteiger partial charge in [0.2, 0.25) is 0 Å². The minimum atomic E-state index is -4.60. The van der Waals surface area contributed by atoms with Crippen molar-refractivity contribution in [2.45, 2.75) is 45.3 Å². The molecule has 5 nitrogen and oxygen atoms in total. The minimum Gasteiger partial charge on any atom is -0.353 e. The molecule has 1 aliphatic rings. The van der Waals surface area contributed by atoms with Crippen LogP contribution >= 0.6 is 0 Å². The lowest BCUT2D eigenvalue weighted by molar-refractivity contribution is -0.144. The van der Waals surface area contributed by atoms with Crippen molar-refractivity contribution < 1.29 is 13.2 Å². The van der Waals surface area contributed by atoms with Crippen LogP contribution in [0.5, 0.6) is 0 Å². The number of halogens is 3. The molecule has 142 valence electrons. The molecule has 1 aliphatic heterocycles. The first-order chi connectivity index (χ1) is 12.7. The molecule has 4 rings (SSSR count). The van der Waals surface area contributed by atoms with Gasteiger partial charge in [-0.3, -0.25) is 0 Å². The number of nitrogens with zero attached hydrogens (tertiary/aromatic N) is 5. The maximum absolute atomic E-state index is 13.0. The molecule has 0 N–H and O–H groups in total. The molecule has 1 saturated heterocycles. The summed E-state index contributed by atoms with van der Waals surface area (Å²) in [4.78, 5) is 9.79. The normalized spacial score (nSPS) is 20.6. The Labute approximate surface area is 154 Å². The lowest BCUT2D eigenvalue weighted by Gasteiger charge is -2.24. The fourth-order valence-electron chi connectivity index (χ4n) is 3.72. The third-order valence-corrected chi connectivity index (χ3v) is 5.09. The van der Waals surface area contributed by atoms with E-state index in [0.717, 1.165) is 6.42 Å². The maximum Gasteiger partial charge on any atom is 0.453 e. The molecule has 2 unspecified atom stereocenters. The Morgan fingerprint density at radius 1 is 1.07 bits per heavy atom. The number of hydrogen-bond acceptors (Lipinski definition) is 4. The predicted octanol–water partition coefficient (Wildman–Crippen LogP) is 4.14. The van der Waals surface area contributed by atoms with E-state index in [1.165, 1.54) is 15.6 Å². The highest BCUT2D eigenvalue weighted by Gasteiger charge is 2.38. The summed E-state index contributed by atoms with van der Waals surface area (Å²) < 4.78 is 40.4. The van der Waals surface area contributed by atoms with Crippen LogP contribution in [0, 0.1) is 13.8 Å². The van der Waals surface area contributed by atoms with Crippen molar-refractivity contribution in [2.24, 2.45) is 0 Å². The quantitative estimate of drug-likeness (QED) is 0.675. The Kier molecular flexibility index (Phi) is 4.09. The van der Waals surface area contributed by atoms with Crippen LogP contribution in [0.25, 0.3) is 5.78 Å².